The molecule has 2 aromatic rings. The van der Waals surface area contributed by atoms with Gasteiger partial charge in [0.15, 0.2) is 11.5 Å². The highest BCUT2D eigenvalue weighted by molar-refractivity contribution is 5.80. The monoisotopic (exact) mass is 244 g/mol. The molecular formula is C12H12N4O2. The molecule has 0 fully saturated rings. The Kier molecular flexibility index (Phi) is 3.38. The number of anilines is 2. The van der Waals surface area contributed by atoms with Crippen LogP contribution in [0, 0.1) is 0 Å². The molecule has 3 N–H and O–H groups in total. The lowest BCUT2D eigenvalue weighted by Crippen LogP contribution is -2.28. The average Bonchev–Trinajstić information content (AvgIpc) is 2.38. The van der Waals surface area contributed by atoms with Crippen LogP contribution in [0.5, 0.6) is 0 Å². The highest BCUT2D eigenvalue weighted by Crippen LogP contribution is 2.15. The van der Waals surface area contributed by atoms with E-state index in [1.54, 1.807) is 0 Å². The molecule has 0 aliphatic carbocycles. The standard InChI is InChI=1S/C12H12N4O2/c13-11-10(12(18)15-7-14-11)16(8-17)6-9-4-2-1-3-5-9/h1-5,7-8H,6H2,(H3,13,14,15,18). The number of nitrogens with one attached hydrogen (secondary N) is 1. The molecule has 1 aromatic heterocycles. The van der Waals surface area contributed by atoms with Gasteiger partial charge in [-0.05, 0) is 5.56 Å². The minimum atomic E-state index is -0.439. The third-order valence-corrected chi connectivity index (χ3v) is 2.47. The molecule has 18 heavy (non-hydrogen) atoms. The number of carbonyl (C=O) groups excluding carboxylic acids is 1. The van der Waals surface area contributed by atoms with Crippen molar-refractivity contribution >= 4 is 17.9 Å². The fourth-order valence-electron chi connectivity index (χ4n) is 1.63. The van der Waals surface area contributed by atoms with Crippen LogP contribution in [0.4, 0.5) is 11.5 Å². The first-order chi connectivity index (χ1) is 8.72. The van der Waals surface area contributed by atoms with E-state index in [1.807, 2.05) is 30.3 Å². The lowest BCUT2D eigenvalue weighted by atomic mass is 10.2. The van der Waals surface area contributed by atoms with Crippen LogP contribution in [0.2, 0.25) is 0 Å². The summed E-state index contributed by atoms with van der Waals surface area (Å²) in [6, 6.07) is 9.30. The van der Waals surface area contributed by atoms with E-state index in [4.69, 9.17) is 5.73 Å². The minimum Gasteiger partial charge on any atom is -0.382 e. The summed E-state index contributed by atoms with van der Waals surface area (Å²) >= 11 is 0. The normalized spacial score (nSPS) is 10.0. The molecule has 1 amide bonds. The summed E-state index contributed by atoms with van der Waals surface area (Å²) in [4.78, 5) is 30.2. The number of benzene rings is 1. The molecule has 0 saturated heterocycles. The van der Waals surface area contributed by atoms with Gasteiger partial charge in [-0.25, -0.2) is 4.98 Å². The number of aromatic amines is 1. The van der Waals surface area contributed by atoms with Crippen molar-refractivity contribution in [3.05, 3.63) is 52.6 Å². The summed E-state index contributed by atoms with van der Waals surface area (Å²) in [5, 5.41) is 0. The van der Waals surface area contributed by atoms with Gasteiger partial charge < -0.3 is 15.6 Å². The summed E-state index contributed by atoms with van der Waals surface area (Å²) < 4.78 is 0. The maximum Gasteiger partial charge on any atom is 0.276 e. The van der Waals surface area contributed by atoms with Crippen LogP contribution in [-0.4, -0.2) is 16.4 Å². The molecule has 0 aliphatic heterocycles. The van der Waals surface area contributed by atoms with Crippen LogP contribution in [0.25, 0.3) is 0 Å². The summed E-state index contributed by atoms with van der Waals surface area (Å²) in [7, 11) is 0. The largest absolute Gasteiger partial charge is 0.382 e. The topological polar surface area (TPSA) is 92.1 Å². The quantitative estimate of drug-likeness (QED) is 0.767. The Morgan fingerprint density at radius 2 is 2.06 bits per heavy atom. The number of nitrogen functional groups attached to an aromatic ring is 1. The van der Waals surface area contributed by atoms with Crippen molar-refractivity contribution in [3.63, 3.8) is 0 Å². The van der Waals surface area contributed by atoms with Crippen LogP contribution in [0.1, 0.15) is 5.56 Å². The van der Waals surface area contributed by atoms with E-state index < -0.39 is 5.56 Å². The number of nitrogens with two attached hydrogens (primary N) is 1. The van der Waals surface area contributed by atoms with Gasteiger partial charge in [-0.15, -0.1) is 0 Å². The van der Waals surface area contributed by atoms with Crippen molar-refractivity contribution in [1.82, 2.24) is 9.97 Å². The molecule has 6 nitrogen and oxygen atoms in total. The van der Waals surface area contributed by atoms with Gasteiger partial charge in [0, 0.05) is 0 Å². The van der Waals surface area contributed by atoms with E-state index in [9.17, 15) is 9.59 Å². The Balaban J connectivity index is 2.35. The third kappa shape index (κ3) is 2.37. The first-order valence-corrected chi connectivity index (χ1v) is 5.31. The summed E-state index contributed by atoms with van der Waals surface area (Å²) in [6.07, 6.45) is 1.77. The zero-order chi connectivity index (χ0) is 13.0. The number of carbonyl (C=O) groups is 1. The van der Waals surface area contributed by atoms with Crippen molar-refractivity contribution in [3.8, 4) is 0 Å². The highest BCUT2D eigenvalue weighted by atomic mass is 16.1. The van der Waals surface area contributed by atoms with E-state index >= 15 is 0 Å². The SMILES string of the molecule is Nc1nc[nH]c(=O)c1N(C=O)Cc1ccccc1. The first kappa shape index (κ1) is 11.8. The summed E-state index contributed by atoms with van der Waals surface area (Å²) in [5.74, 6) is 0.0294. The lowest BCUT2D eigenvalue weighted by molar-refractivity contribution is -0.107. The van der Waals surface area contributed by atoms with Crippen molar-refractivity contribution in [2.24, 2.45) is 0 Å². The Labute approximate surface area is 103 Å². The highest BCUT2D eigenvalue weighted by Gasteiger charge is 2.14. The maximum absolute atomic E-state index is 11.7. The third-order valence-electron chi connectivity index (χ3n) is 2.47. The number of hydrogen-bond donors (Lipinski definition) is 2. The van der Waals surface area contributed by atoms with Gasteiger partial charge in [-0.1, -0.05) is 30.3 Å². The fourth-order valence-corrected chi connectivity index (χ4v) is 1.63. The molecule has 0 spiro atoms. The second-order valence-electron chi connectivity index (χ2n) is 3.68. The number of amides is 1. The Bertz CT molecular complexity index is 595. The van der Waals surface area contributed by atoms with Crippen LogP contribution in [-0.2, 0) is 11.3 Å². The first-order valence-electron chi connectivity index (χ1n) is 5.31. The van der Waals surface area contributed by atoms with E-state index in [-0.39, 0.29) is 18.1 Å². The van der Waals surface area contributed by atoms with Crippen molar-refractivity contribution in [2.45, 2.75) is 6.54 Å². The van der Waals surface area contributed by atoms with Crippen molar-refractivity contribution < 1.29 is 4.79 Å². The Morgan fingerprint density at radius 1 is 1.33 bits per heavy atom. The molecule has 1 heterocycles. The number of nitrogens with zero attached hydrogens (tertiary/aromatic N) is 2. The molecule has 0 saturated carbocycles. The molecule has 2 rings (SSSR count). The van der Waals surface area contributed by atoms with Gasteiger partial charge in [0.1, 0.15) is 0 Å². The van der Waals surface area contributed by atoms with Crippen LogP contribution in [0.15, 0.2) is 41.5 Å². The second kappa shape index (κ2) is 5.13. The Hall–Kier alpha value is -2.63. The molecule has 0 bridgehead atoms. The van der Waals surface area contributed by atoms with Crippen LogP contribution >= 0.6 is 0 Å². The molecule has 1 aromatic carbocycles. The van der Waals surface area contributed by atoms with E-state index in [1.165, 1.54) is 11.2 Å². The molecule has 0 unspecified atom stereocenters. The van der Waals surface area contributed by atoms with Crippen LogP contribution in [0.3, 0.4) is 0 Å². The van der Waals surface area contributed by atoms with Gasteiger partial charge in [0.2, 0.25) is 6.41 Å². The van der Waals surface area contributed by atoms with Crippen LogP contribution < -0.4 is 16.2 Å². The van der Waals surface area contributed by atoms with E-state index in [0.29, 0.717) is 6.41 Å². The second-order valence-corrected chi connectivity index (χ2v) is 3.68. The van der Waals surface area contributed by atoms with Crippen molar-refractivity contribution in [2.75, 3.05) is 10.6 Å². The summed E-state index contributed by atoms with van der Waals surface area (Å²) in [6.45, 7) is 0.267. The predicted octanol–water partition coefficient (Wildman–Crippen LogP) is 0.515. The molecule has 0 radical (unpaired) electrons. The number of rotatable bonds is 4. The average molecular weight is 244 g/mol. The molecule has 0 aliphatic rings. The maximum atomic E-state index is 11.7. The van der Waals surface area contributed by atoms with Crippen molar-refractivity contribution in [1.29, 1.82) is 0 Å². The molecule has 6 heteroatoms. The predicted molar refractivity (Wildman–Crippen MR) is 68.0 cm³/mol. The number of hydrogen-bond acceptors (Lipinski definition) is 4. The smallest absolute Gasteiger partial charge is 0.276 e. The molecule has 0 atom stereocenters. The fraction of sp³-hybridized carbons (Fsp3) is 0.0833. The number of aromatic nitrogens is 2. The zero-order valence-electron chi connectivity index (χ0n) is 9.54. The Morgan fingerprint density at radius 3 is 2.67 bits per heavy atom. The minimum absolute atomic E-state index is 0.0294. The lowest BCUT2D eigenvalue weighted by Gasteiger charge is -2.17. The number of H-pyrrole nitrogens is 1. The van der Waals surface area contributed by atoms with Gasteiger partial charge in [0.25, 0.3) is 5.56 Å². The van der Waals surface area contributed by atoms with Gasteiger partial charge >= 0.3 is 0 Å². The van der Waals surface area contributed by atoms with E-state index in [2.05, 4.69) is 9.97 Å². The van der Waals surface area contributed by atoms with Gasteiger partial charge in [0.05, 0.1) is 12.9 Å². The summed E-state index contributed by atoms with van der Waals surface area (Å²) in [5.41, 5.74) is 6.14. The van der Waals surface area contributed by atoms with E-state index in [0.717, 1.165) is 5.56 Å². The molecular weight excluding hydrogens is 232 g/mol. The van der Waals surface area contributed by atoms with Gasteiger partial charge in [-0.3, -0.25) is 9.59 Å². The zero-order valence-corrected chi connectivity index (χ0v) is 9.54. The van der Waals surface area contributed by atoms with Gasteiger partial charge in [-0.2, -0.15) is 0 Å². The molecule has 92 valence electrons.